The molecule has 82 valence electrons. The van der Waals surface area contributed by atoms with E-state index in [9.17, 15) is 9.59 Å². The number of nitrogen functional groups attached to an aromatic ring is 1. The molecule has 0 heterocycles. The minimum atomic E-state index is -0.748. The molecule has 0 aliphatic rings. The van der Waals surface area contributed by atoms with Crippen LogP contribution in [0.3, 0.4) is 0 Å². The average molecular weight is 218 g/mol. The molecule has 0 aromatic heterocycles. The second-order valence-corrected chi connectivity index (χ2v) is 2.95. The lowest BCUT2D eigenvalue weighted by Gasteiger charge is -2.01. The fourth-order valence-corrected chi connectivity index (χ4v) is 1.09. The Bertz CT molecular complexity index is 498. The molecule has 0 unspecified atom stereocenters. The van der Waals surface area contributed by atoms with Gasteiger partial charge >= 0.3 is 5.97 Å². The van der Waals surface area contributed by atoms with Crippen LogP contribution in [0.15, 0.2) is 18.2 Å². The molecule has 1 rings (SSSR count). The zero-order chi connectivity index (χ0) is 12.1. The Labute approximate surface area is 92.4 Å². The predicted octanol–water partition coefficient (Wildman–Crippen LogP) is -0.108. The van der Waals surface area contributed by atoms with Gasteiger partial charge in [-0.1, -0.05) is 5.92 Å². The van der Waals surface area contributed by atoms with E-state index in [1.165, 1.54) is 25.3 Å². The summed E-state index contributed by atoms with van der Waals surface area (Å²) in [6.07, 6.45) is 0. The molecule has 0 saturated heterocycles. The quantitative estimate of drug-likeness (QED) is 0.390. The summed E-state index contributed by atoms with van der Waals surface area (Å²) in [5, 5.41) is 0. The number of ether oxygens (including phenoxy) is 1. The topological polar surface area (TPSA) is 95.4 Å². The van der Waals surface area contributed by atoms with Crippen LogP contribution in [0, 0.1) is 11.8 Å². The van der Waals surface area contributed by atoms with Gasteiger partial charge in [-0.15, -0.1) is 0 Å². The minimum Gasteiger partial charge on any atom is -0.465 e. The molecule has 0 radical (unpaired) electrons. The number of primary amides is 1. The summed E-state index contributed by atoms with van der Waals surface area (Å²) >= 11 is 0. The van der Waals surface area contributed by atoms with Gasteiger partial charge in [0.05, 0.1) is 12.7 Å². The van der Waals surface area contributed by atoms with Gasteiger partial charge < -0.3 is 16.2 Å². The molecular formula is C11H10N2O3. The molecule has 0 fully saturated rings. The van der Waals surface area contributed by atoms with E-state index in [-0.39, 0.29) is 5.56 Å². The zero-order valence-corrected chi connectivity index (χ0v) is 8.61. The molecule has 0 aliphatic heterocycles. The molecule has 16 heavy (non-hydrogen) atoms. The molecule has 5 heteroatoms. The number of benzene rings is 1. The lowest BCUT2D eigenvalue weighted by molar-refractivity contribution is -0.112. The van der Waals surface area contributed by atoms with Crippen molar-refractivity contribution in [3.05, 3.63) is 29.3 Å². The van der Waals surface area contributed by atoms with Crippen molar-refractivity contribution < 1.29 is 14.3 Å². The number of methoxy groups -OCH3 is 1. The molecule has 1 aromatic rings. The summed E-state index contributed by atoms with van der Waals surface area (Å²) in [6.45, 7) is 0. The first-order chi connectivity index (χ1) is 7.52. The predicted molar refractivity (Wildman–Crippen MR) is 58.3 cm³/mol. The van der Waals surface area contributed by atoms with Gasteiger partial charge in [0, 0.05) is 11.3 Å². The van der Waals surface area contributed by atoms with Crippen LogP contribution in [0.1, 0.15) is 15.9 Å². The van der Waals surface area contributed by atoms with E-state index < -0.39 is 11.9 Å². The normalized spacial score (nSPS) is 8.81. The number of carbonyl (C=O) groups is 2. The van der Waals surface area contributed by atoms with Crippen LogP contribution < -0.4 is 11.5 Å². The standard InChI is InChI=1S/C11H10N2O3/c1-16-11(15)8-4-7(2-3-10(13)14)5-9(12)6-8/h4-6H,12H2,1H3,(H2,13,14). The maximum Gasteiger partial charge on any atom is 0.337 e. The number of hydrogen-bond donors (Lipinski definition) is 2. The van der Waals surface area contributed by atoms with E-state index in [4.69, 9.17) is 11.5 Å². The van der Waals surface area contributed by atoms with Crippen molar-refractivity contribution in [2.24, 2.45) is 5.73 Å². The molecule has 4 N–H and O–H groups in total. The third kappa shape index (κ3) is 3.03. The monoisotopic (exact) mass is 218 g/mol. The summed E-state index contributed by atoms with van der Waals surface area (Å²) in [7, 11) is 1.26. The van der Waals surface area contributed by atoms with Gasteiger partial charge in [0.15, 0.2) is 0 Å². The first-order valence-corrected chi connectivity index (χ1v) is 4.33. The summed E-state index contributed by atoms with van der Waals surface area (Å²) in [4.78, 5) is 21.7. The number of hydrogen-bond acceptors (Lipinski definition) is 4. The van der Waals surface area contributed by atoms with Gasteiger partial charge in [0.1, 0.15) is 0 Å². The number of carbonyl (C=O) groups excluding carboxylic acids is 2. The summed E-state index contributed by atoms with van der Waals surface area (Å²) in [6, 6.07) is 4.46. The molecule has 0 bridgehead atoms. The Hall–Kier alpha value is -2.48. The highest BCUT2D eigenvalue weighted by Gasteiger charge is 2.06. The van der Waals surface area contributed by atoms with Crippen LogP contribution in [0.25, 0.3) is 0 Å². The van der Waals surface area contributed by atoms with Crippen molar-refractivity contribution in [2.75, 3.05) is 12.8 Å². The number of anilines is 1. The smallest absolute Gasteiger partial charge is 0.337 e. The minimum absolute atomic E-state index is 0.274. The van der Waals surface area contributed by atoms with E-state index in [1.54, 1.807) is 0 Å². The molecule has 0 aliphatic carbocycles. The molecule has 1 aromatic carbocycles. The molecular weight excluding hydrogens is 208 g/mol. The zero-order valence-electron chi connectivity index (χ0n) is 8.61. The Morgan fingerprint density at radius 3 is 2.56 bits per heavy atom. The van der Waals surface area contributed by atoms with Crippen LogP contribution in [0.2, 0.25) is 0 Å². The van der Waals surface area contributed by atoms with Crippen molar-refractivity contribution >= 4 is 17.6 Å². The van der Waals surface area contributed by atoms with E-state index in [0.29, 0.717) is 11.3 Å². The van der Waals surface area contributed by atoms with E-state index in [1.807, 2.05) is 0 Å². The molecule has 0 atom stereocenters. The lowest BCUT2D eigenvalue weighted by atomic mass is 10.1. The van der Waals surface area contributed by atoms with Crippen LogP contribution in [-0.2, 0) is 9.53 Å². The maximum atomic E-state index is 11.2. The average Bonchev–Trinajstić information content (AvgIpc) is 2.24. The second-order valence-electron chi connectivity index (χ2n) is 2.95. The maximum absolute atomic E-state index is 11.2. The van der Waals surface area contributed by atoms with Crippen LogP contribution in [0.5, 0.6) is 0 Å². The molecule has 1 amide bonds. The van der Waals surface area contributed by atoms with E-state index >= 15 is 0 Å². The van der Waals surface area contributed by atoms with Crippen LogP contribution >= 0.6 is 0 Å². The van der Waals surface area contributed by atoms with Gasteiger partial charge in [0.2, 0.25) is 0 Å². The highest BCUT2D eigenvalue weighted by atomic mass is 16.5. The number of amides is 1. The lowest BCUT2D eigenvalue weighted by Crippen LogP contribution is -2.06. The fraction of sp³-hybridized carbons (Fsp3) is 0.0909. The Kier molecular flexibility index (Phi) is 3.51. The highest BCUT2D eigenvalue weighted by molar-refractivity contribution is 5.93. The van der Waals surface area contributed by atoms with Gasteiger partial charge in [-0.3, -0.25) is 4.79 Å². The van der Waals surface area contributed by atoms with Gasteiger partial charge in [-0.2, -0.15) is 0 Å². The molecule has 0 saturated carbocycles. The van der Waals surface area contributed by atoms with Crippen molar-refractivity contribution in [3.63, 3.8) is 0 Å². The van der Waals surface area contributed by atoms with Crippen LogP contribution in [0.4, 0.5) is 5.69 Å². The van der Waals surface area contributed by atoms with Crippen molar-refractivity contribution in [1.82, 2.24) is 0 Å². The SMILES string of the molecule is COC(=O)c1cc(N)cc(C#CC(N)=O)c1. The van der Waals surface area contributed by atoms with Crippen LogP contribution in [-0.4, -0.2) is 19.0 Å². The number of rotatable bonds is 1. The molecule has 0 spiro atoms. The highest BCUT2D eigenvalue weighted by Crippen LogP contribution is 2.12. The van der Waals surface area contributed by atoms with Gasteiger partial charge in [0.25, 0.3) is 5.91 Å². The number of nitrogens with two attached hydrogens (primary N) is 2. The Balaban J connectivity index is 3.14. The summed E-state index contributed by atoms with van der Waals surface area (Å²) < 4.78 is 4.54. The van der Waals surface area contributed by atoms with E-state index in [2.05, 4.69) is 16.6 Å². The Morgan fingerprint density at radius 1 is 1.31 bits per heavy atom. The summed E-state index contributed by atoms with van der Waals surface area (Å²) in [5.74, 6) is 3.38. The third-order valence-corrected chi connectivity index (χ3v) is 1.71. The first kappa shape index (κ1) is 11.6. The van der Waals surface area contributed by atoms with E-state index in [0.717, 1.165) is 0 Å². The first-order valence-electron chi connectivity index (χ1n) is 4.33. The Morgan fingerprint density at radius 2 is 2.00 bits per heavy atom. The van der Waals surface area contributed by atoms with Crippen molar-refractivity contribution in [3.8, 4) is 11.8 Å². The third-order valence-electron chi connectivity index (χ3n) is 1.71. The largest absolute Gasteiger partial charge is 0.465 e. The van der Waals surface area contributed by atoms with Gasteiger partial charge in [-0.25, -0.2) is 4.79 Å². The second kappa shape index (κ2) is 4.84. The fourth-order valence-electron chi connectivity index (χ4n) is 1.09. The molecule has 5 nitrogen and oxygen atoms in total. The van der Waals surface area contributed by atoms with Crippen molar-refractivity contribution in [2.45, 2.75) is 0 Å². The summed E-state index contributed by atoms with van der Waals surface area (Å²) in [5.41, 5.74) is 11.5. The number of esters is 1. The van der Waals surface area contributed by atoms with Crippen molar-refractivity contribution in [1.29, 1.82) is 0 Å². The van der Waals surface area contributed by atoms with Gasteiger partial charge in [-0.05, 0) is 24.1 Å².